The molecule has 1 amide bonds. The highest BCUT2D eigenvalue weighted by atomic mass is 16.2. The van der Waals surface area contributed by atoms with E-state index in [1.165, 1.54) is 36.8 Å². The largest absolute Gasteiger partial charge is 0.350 e. The van der Waals surface area contributed by atoms with Crippen molar-refractivity contribution in [3.63, 3.8) is 0 Å². The molecular weight excluding hydrogens is 326 g/mol. The number of carbonyl (C=O) groups excluding carboxylic acids is 1. The Balaban J connectivity index is 1.84. The van der Waals surface area contributed by atoms with Crippen LogP contribution in [0.4, 0.5) is 0 Å². The normalized spacial score (nSPS) is 15.3. The van der Waals surface area contributed by atoms with E-state index in [2.05, 4.69) is 17.3 Å². The Morgan fingerprint density at radius 3 is 2.62 bits per heavy atom. The number of amides is 1. The van der Waals surface area contributed by atoms with Crippen LogP contribution in [0.2, 0.25) is 0 Å². The third kappa shape index (κ3) is 4.32. The van der Waals surface area contributed by atoms with E-state index < -0.39 is 0 Å². The Bertz CT molecular complexity index is 806. The molecular formula is C21H29N3O2. The fraction of sp³-hybridized carbons (Fsp3) is 0.571. The lowest BCUT2D eigenvalue weighted by Gasteiger charge is -2.21. The number of hydrogen-bond acceptors (Lipinski definition) is 3. The van der Waals surface area contributed by atoms with Crippen molar-refractivity contribution < 1.29 is 4.79 Å². The van der Waals surface area contributed by atoms with Crippen LogP contribution in [0.3, 0.4) is 0 Å². The molecule has 140 valence electrons. The number of rotatable bonds is 7. The molecule has 1 saturated carbocycles. The standard InChI is InChI=1S/C21H29N3O2/c1-2-3-9-14-24-21(26)18-13-8-7-12-17(18)19(23-24)20(25)22-15-16-10-5-4-6-11-16/h7-8,12-13,16H,2-6,9-11,14-15H2,1H3,(H,22,25). The number of hydrogen-bond donors (Lipinski definition) is 1. The molecule has 0 aliphatic heterocycles. The van der Waals surface area contributed by atoms with Gasteiger partial charge in [-0.25, -0.2) is 4.68 Å². The number of nitrogens with one attached hydrogen (secondary N) is 1. The molecule has 2 aromatic rings. The second-order valence-electron chi connectivity index (χ2n) is 7.34. The molecule has 1 aromatic carbocycles. The predicted octanol–water partition coefficient (Wildman–Crippen LogP) is 3.90. The molecule has 1 heterocycles. The molecule has 0 unspecified atom stereocenters. The third-order valence-electron chi connectivity index (χ3n) is 5.33. The van der Waals surface area contributed by atoms with Crippen LogP contribution in [0.15, 0.2) is 29.1 Å². The monoisotopic (exact) mass is 355 g/mol. The van der Waals surface area contributed by atoms with Crippen LogP contribution in [-0.4, -0.2) is 22.2 Å². The van der Waals surface area contributed by atoms with E-state index in [9.17, 15) is 9.59 Å². The van der Waals surface area contributed by atoms with Gasteiger partial charge in [-0.1, -0.05) is 57.2 Å². The summed E-state index contributed by atoms with van der Waals surface area (Å²) in [6.45, 7) is 3.38. The minimum atomic E-state index is -0.170. The maximum atomic E-state index is 12.8. The first kappa shape index (κ1) is 18.6. The SMILES string of the molecule is CCCCCn1nc(C(=O)NCC2CCCCC2)c2ccccc2c1=O. The summed E-state index contributed by atoms with van der Waals surface area (Å²) in [4.78, 5) is 25.5. The highest BCUT2D eigenvalue weighted by molar-refractivity contribution is 6.04. The molecule has 3 rings (SSSR count). The zero-order valence-corrected chi connectivity index (χ0v) is 15.7. The molecule has 0 atom stereocenters. The molecule has 26 heavy (non-hydrogen) atoms. The molecule has 1 fully saturated rings. The van der Waals surface area contributed by atoms with E-state index in [0.717, 1.165) is 19.3 Å². The Kier molecular flexibility index (Phi) is 6.42. The van der Waals surface area contributed by atoms with Crippen molar-refractivity contribution in [3.05, 3.63) is 40.3 Å². The molecule has 0 saturated heterocycles. The van der Waals surface area contributed by atoms with E-state index in [1.54, 1.807) is 6.07 Å². The van der Waals surface area contributed by atoms with Crippen molar-refractivity contribution in [2.45, 2.75) is 64.8 Å². The average molecular weight is 355 g/mol. The average Bonchev–Trinajstić information content (AvgIpc) is 2.69. The maximum Gasteiger partial charge on any atom is 0.274 e. The summed E-state index contributed by atoms with van der Waals surface area (Å²) in [5.74, 6) is 0.394. The molecule has 0 radical (unpaired) electrons. The van der Waals surface area contributed by atoms with Gasteiger partial charge in [-0.3, -0.25) is 9.59 Å². The van der Waals surface area contributed by atoms with Gasteiger partial charge in [0.1, 0.15) is 0 Å². The summed E-state index contributed by atoms with van der Waals surface area (Å²) in [7, 11) is 0. The van der Waals surface area contributed by atoms with Crippen molar-refractivity contribution >= 4 is 16.7 Å². The number of aromatic nitrogens is 2. The molecule has 0 bridgehead atoms. The van der Waals surface area contributed by atoms with Crippen molar-refractivity contribution in [3.8, 4) is 0 Å². The van der Waals surface area contributed by atoms with Crippen molar-refractivity contribution in [2.24, 2.45) is 5.92 Å². The van der Waals surface area contributed by atoms with Crippen molar-refractivity contribution in [1.29, 1.82) is 0 Å². The fourth-order valence-corrected chi connectivity index (χ4v) is 3.78. The number of aryl methyl sites for hydroxylation is 1. The first-order valence-corrected chi connectivity index (χ1v) is 9.98. The first-order chi connectivity index (χ1) is 12.7. The maximum absolute atomic E-state index is 12.8. The van der Waals surface area contributed by atoms with Gasteiger partial charge in [-0.05, 0) is 31.2 Å². The molecule has 1 aromatic heterocycles. The van der Waals surface area contributed by atoms with Gasteiger partial charge in [0.15, 0.2) is 5.69 Å². The van der Waals surface area contributed by atoms with Crippen LogP contribution in [-0.2, 0) is 6.54 Å². The zero-order chi connectivity index (χ0) is 18.4. The summed E-state index contributed by atoms with van der Waals surface area (Å²) in [5.41, 5.74) is 0.257. The minimum Gasteiger partial charge on any atom is -0.350 e. The van der Waals surface area contributed by atoms with E-state index in [0.29, 0.717) is 35.5 Å². The van der Waals surface area contributed by atoms with Gasteiger partial charge in [-0.2, -0.15) is 5.10 Å². The van der Waals surface area contributed by atoms with Crippen LogP contribution in [0.5, 0.6) is 0 Å². The van der Waals surface area contributed by atoms with Crippen LogP contribution >= 0.6 is 0 Å². The number of benzene rings is 1. The minimum absolute atomic E-state index is 0.111. The Morgan fingerprint density at radius 2 is 1.88 bits per heavy atom. The molecule has 1 N–H and O–H groups in total. The molecule has 1 aliphatic carbocycles. The van der Waals surface area contributed by atoms with Gasteiger partial charge in [0.2, 0.25) is 0 Å². The molecule has 0 spiro atoms. The second kappa shape index (κ2) is 8.97. The Labute approximate surface area is 154 Å². The number of carbonyl (C=O) groups is 1. The third-order valence-corrected chi connectivity index (χ3v) is 5.33. The van der Waals surface area contributed by atoms with Crippen molar-refractivity contribution in [2.75, 3.05) is 6.54 Å². The fourth-order valence-electron chi connectivity index (χ4n) is 3.78. The predicted molar refractivity (Wildman–Crippen MR) is 104 cm³/mol. The highest BCUT2D eigenvalue weighted by Crippen LogP contribution is 2.23. The van der Waals surface area contributed by atoms with Crippen molar-refractivity contribution in [1.82, 2.24) is 15.1 Å². The molecule has 5 nitrogen and oxygen atoms in total. The quantitative estimate of drug-likeness (QED) is 0.766. The Hall–Kier alpha value is -2.17. The van der Waals surface area contributed by atoms with Crippen LogP contribution in [0.1, 0.15) is 68.8 Å². The summed E-state index contributed by atoms with van der Waals surface area (Å²) in [5, 5.41) is 8.70. The summed E-state index contributed by atoms with van der Waals surface area (Å²) < 4.78 is 1.47. The van der Waals surface area contributed by atoms with Crippen LogP contribution in [0.25, 0.3) is 10.8 Å². The Morgan fingerprint density at radius 1 is 1.15 bits per heavy atom. The van der Waals surface area contributed by atoms with E-state index in [-0.39, 0.29) is 11.5 Å². The van der Waals surface area contributed by atoms with Gasteiger partial charge in [0.25, 0.3) is 11.5 Å². The van der Waals surface area contributed by atoms with Gasteiger partial charge in [0.05, 0.1) is 5.39 Å². The lowest BCUT2D eigenvalue weighted by atomic mass is 9.89. The summed E-state index contributed by atoms with van der Waals surface area (Å²) >= 11 is 0. The highest BCUT2D eigenvalue weighted by Gasteiger charge is 2.19. The van der Waals surface area contributed by atoms with E-state index >= 15 is 0 Å². The molecule has 1 aliphatic rings. The van der Waals surface area contributed by atoms with E-state index in [4.69, 9.17) is 0 Å². The lowest BCUT2D eigenvalue weighted by molar-refractivity contribution is 0.0938. The number of fused-ring (bicyclic) bond motifs is 1. The topological polar surface area (TPSA) is 64.0 Å². The smallest absolute Gasteiger partial charge is 0.274 e. The number of nitrogens with zero attached hydrogens (tertiary/aromatic N) is 2. The lowest BCUT2D eigenvalue weighted by Crippen LogP contribution is -2.33. The van der Waals surface area contributed by atoms with Gasteiger partial charge < -0.3 is 5.32 Å². The van der Waals surface area contributed by atoms with Gasteiger partial charge in [0, 0.05) is 18.5 Å². The van der Waals surface area contributed by atoms with Gasteiger partial charge >= 0.3 is 0 Å². The number of unbranched alkanes of at least 4 members (excludes halogenated alkanes) is 2. The first-order valence-electron chi connectivity index (χ1n) is 9.98. The molecule has 5 heteroatoms. The summed E-state index contributed by atoms with van der Waals surface area (Å²) in [6.07, 6.45) is 9.20. The zero-order valence-electron chi connectivity index (χ0n) is 15.7. The van der Waals surface area contributed by atoms with Crippen LogP contribution in [0, 0.1) is 5.92 Å². The summed E-state index contributed by atoms with van der Waals surface area (Å²) in [6, 6.07) is 7.29. The van der Waals surface area contributed by atoms with Crippen LogP contribution < -0.4 is 10.9 Å². The van der Waals surface area contributed by atoms with E-state index in [1.807, 2.05) is 18.2 Å². The second-order valence-corrected chi connectivity index (χ2v) is 7.34. The van der Waals surface area contributed by atoms with Gasteiger partial charge in [-0.15, -0.1) is 0 Å².